The second-order valence-electron chi connectivity index (χ2n) is 5.30. The Morgan fingerprint density at radius 1 is 1.36 bits per heavy atom. The van der Waals surface area contributed by atoms with Crippen LogP contribution in [0.3, 0.4) is 0 Å². The van der Waals surface area contributed by atoms with Crippen molar-refractivity contribution in [3.8, 4) is 11.5 Å². The Labute approximate surface area is 150 Å². The third-order valence-electron chi connectivity index (χ3n) is 3.84. The first kappa shape index (κ1) is 14.9. The van der Waals surface area contributed by atoms with Crippen molar-refractivity contribution in [3.05, 3.63) is 41.2 Å². The summed E-state index contributed by atoms with van der Waals surface area (Å²) < 4.78 is 38.1. The van der Waals surface area contributed by atoms with E-state index in [2.05, 4.69) is 15.0 Å². The standard InChI is InChI=1S/C17H19N3O4S/c1-10-15(18-7-11(8-21)16(10)24-3)9-25(22)17-19-13-5-4-12(23-2)6-14(13)20-17/h4-7,21H,8-9H2,1-3H3,(H,19,20)/i8+1D2. The van der Waals surface area contributed by atoms with Crippen LogP contribution in [0.1, 0.15) is 19.6 Å². The summed E-state index contributed by atoms with van der Waals surface area (Å²) in [7, 11) is 1.44. The highest BCUT2D eigenvalue weighted by molar-refractivity contribution is 7.84. The van der Waals surface area contributed by atoms with Crippen molar-refractivity contribution in [1.29, 1.82) is 0 Å². The van der Waals surface area contributed by atoms with E-state index < -0.39 is 17.4 Å². The lowest BCUT2D eigenvalue weighted by atomic mass is 10.2. The number of aromatic nitrogens is 3. The zero-order chi connectivity index (χ0) is 19.8. The number of nitrogens with one attached hydrogen (secondary N) is 1. The summed E-state index contributed by atoms with van der Waals surface area (Å²) in [6, 6.07) is 5.32. The van der Waals surface area contributed by atoms with Gasteiger partial charge in [0, 0.05) is 23.4 Å². The zero-order valence-electron chi connectivity index (χ0n) is 16.0. The average molecular weight is 364 g/mol. The van der Waals surface area contributed by atoms with Crippen LogP contribution in [0.25, 0.3) is 11.0 Å². The maximum absolute atomic E-state index is 12.8. The Morgan fingerprint density at radius 3 is 2.84 bits per heavy atom. The summed E-state index contributed by atoms with van der Waals surface area (Å²) >= 11 is 0. The van der Waals surface area contributed by atoms with E-state index in [4.69, 9.17) is 12.2 Å². The molecule has 1 atom stereocenters. The number of methoxy groups -OCH3 is 2. The van der Waals surface area contributed by atoms with E-state index in [1.54, 1.807) is 32.2 Å². The van der Waals surface area contributed by atoms with E-state index >= 15 is 0 Å². The largest absolute Gasteiger partial charge is 0.497 e. The van der Waals surface area contributed by atoms with Crippen LogP contribution in [0.15, 0.2) is 29.6 Å². The molecule has 0 saturated carbocycles. The third-order valence-corrected chi connectivity index (χ3v) is 5.00. The third kappa shape index (κ3) is 3.35. The quantitative estimate of drug-likeness (QED) is 0.650. The second kappa shape index (κ2) is 7.20. The lowest BCUT2D eigenvalue weighted by Crippen LogP contribution is -2.06. The van der Waals surface area contributed by atoms with Crippen LogP contribution < -0.4 is 9.47 Å². The van der Waals surface area contributed by atoms with Gasteiger partial charge in [-0.2, -0.15) is 0 Å². The van der Waals surface area contributed by atoms with Gasteiger partial charge in [-0.05, 0) is 19.1 Å². The van der Waals surface area contributed by atoms with Gasteiger partial charge in [-0.15, -0.1) is 0 Å². The first-order valence-corrected chi connectivity index (χ1v) is 8.74. The molecular formula is C17H19N3O4S. The topological polar surface area (TPSA) is 97.3 Å². The molecule has 2 heterocycles. The number of aliphatic hydroxyl groups is 1. The predicted octanol–water partition coefficient (Wildman–Crippen LogP) is 2.08. The van der Waals surface area contributed by atoms with E-state index in [0.29, 0.717) is 33.2 Å². The molecule has 8 heteroatoms. The fraction of sp³-hybridized carbons (Fsp3) is 0.294. The monoisotopic (exact) mass is 364 g/mol. The first-order chi connectivity index (χ1) is 12.7. The Kier molecular flexibility index (Phi) is 4.28. The normalized spacial score (nSPS) is 14.1. The molecule has 0 aliphatic rings. The number of hydrogen-bond donors (Lipinski definition) is 2. The highest BCUT2D eigenvalue weighted by Gasteiger charge is 2.17. The van der Waals surface area contributed by atoms with E-state index in [-0.39, 0.29) is 17.1 Å². The van der Waals surface area contributed by atoms with Gasteiger partial charge in [0.05, 0.1) is 56.8 Å². The maximum atomic E-state index is 12.8. The summed E-state index contributed by atoms with van der Waals surface area (Å²) in [4.78, 5) is 11.5. The minimum atomic E-state index is -2.58. The first-order valence-electron chi connectivity index (χ1n) is 8.42. The van der Waals surface area contributed by atoms with Crippen molar-refractivity contribution in [2.24, 2.45) is 0 Å². The predicted molar refractivity (Wildman–Crippen MR) is 94.2 cm³/mol. The van der Waals surface area contributed by atoms with Crippen LogP contribution in [0, 0.1) is 6.92 Å². The highest BCUT2D eigenvalue weighted by Crippen LogP contribution is 2.27. The minimum Gasteiger partial charge on any atom is -0.497 e. The van der Waals surface area contributed by atoms with Gasteiger partial charge in [0.1, 0.15) is 11.5 Å². The molecule has 0 radical (unpaired) electrons. The van der Waals surface area contributed by atoms with Crippen LogP contribution in [-0.2, 0) is 23.1 Å². The lowest BCUT2D eigenvalue weighted by Gasteiger charge is -2.12. The van der Waals surface area contributed by atoms with E-state index in [1.165, 1.54) is 13.3 Å². The smallest absolute Gasteiger partial charge is 0.197 e. The summed E-state index contributed by atoms with van der Waals surface area (Å²) in [6.45, 7) is -0.907. The minimum absolute atomic E-state index is 0.0634. The fourth-order valence-electron chi connectivity index (χ4n) is 2.51. The van der Waals surface area contributed by atoms with Crippen LogP contribution in [0.4, 0.5) is 0 Å². The van der Waals surface area contributed by atoms with E-state index in [9.17, 15) is 9.32 Å². The summed E-state index contributed by atoms with van der Waals surface area (Å²) in [6.07, 6.45) is 1.20. The SMILES string of the molecule is [2H][13C]([2H])(O)c1cnc(CS(=O)c2nc3ccc(OC)cc3[nH]2)c(C)c1OC. The van der Waals surface area contributed by atoms with Gasteiger partial charge in [-0.3, -0.25) is 9.19 Å². The van der Waals surface area contributed by atoms with Gasteiger partial charge < -0.3 is 19.6 Å². The Balaban J connectivity index is 1.92. The number of hydrogen-bond acceptors (Lipinski definition) is 6. The number of fused-ring (bicyclic) bond motifs is 1. The number of ether oxygens (including phenoxy) is 2. The Bertz CT molecular complexity index is 1020. The van der Waals surface area contributed by atoms with Gasteiger partial charge in [0.15, 0.2) is 5.16 Å². The van der Waals surface area contributed by atoms with Crippen molar-refractivity contribution in [2.45, 2.75) is 24.4 Å². The molecule has 3 aromatic rings. The summed E-state index contributed by atoms with van der Waals surface area (Å²) in [5.74, 6) is 0.909. The number of aromatic amines is 1. The van der Waals surface area contributed by atoms with Crippen molar-refractivity contribution in [3.63, 3.8) is 0 Å². The molecule has 0 fully saturated rings. The molecule has 0 amide bonds. The molecule has 2 aromatic heterocycles. The van der Waals surface area contributed by atoms with Crippen molar-refractivity contribution < 1.29 is 21.5 Å². The molecule has 0 aliphatic carbocycles. The molecule has 132 valence electrons. The number of nitrogens with zero attached hydrogens (tertiary/aromatic N) is 2. The Hall–Kier alpha value is -2.45. The molecular weight excluding hydrogens is 343 g/mol. The van der Waals surface area contributed by atoms with Crippen molar-refractivity contribution in [1.82, 2.24) is 15.0 Å². The molecule has 2 N–H and O–H groups in total. The van der Waals surface area contributed by atoms with Gasteiger partial charge >= 0.3 is 0 Å². The fourth-order valence-corrected chi connectivity index (χ4v) is 3.61. The number of rotatable bonds is 6. The number of benzene rings is 1. The number of pyridine rings is 1. The molecule has 1 aromatic carbocycles. The van der Waals surface area contributed by atoms with Crippen molar-refractivity contribution >= 4 is 21.8 Å². The van der Waals surface area contributed by atoms with Gasteiger partial charge in [0.25, 0.3) is 0 Å². The van der Waals surface area contributed by atoms with Gasteiger partial charge in [-0.1, -0.05) is 0 Å². The average Bonchev–Trinajstić information content (AvgIpc) is 3.05. The molecule has 0 aliphatic heterocycles. The van der Waals surface area contributed by atoms with Crippen LogP contribution in [0.5, 0.6) is 11.5 Å². The molecule has 0 bridgehead atoms. The lowest BCUT2D eigenvalue weighted by molar-refractivity contribution is 0.272. The van der Waals surface area contributed by atoms with Crippen LogP contribution in [-0.4, -0.2) is 38.5 Å². The van der Waals surface area contributed by atoms with E-state index in [0.717, 1.165) is 0 Å². The highest BCUT2D eigenvalue weighted by atomic mass is 32.2. The van der Waals surface area contributed by atoms with E-state index in [1.807, 2.05) is 0 Å². The van der Waals surface area contributed by atoms with Crippen molar-refractivity contribution in [2.75, 3.05) is 14.2 Å². The molecule has 3 rings (SSSR count). The number of H-pyrrole nitrogens is 1. The molecule has 1 unspecified atom stereocenters. The summed E-state index contributed by atoms with van der Waals surface area (Å²) in [5.41, 5.74) is 2.29. The van der Waals surface area contributed by atoms with Gasteiger partial charge in [0.2, 0.25) is 0 Å². The van der Waals surface area contributed by atoms with Crippen LogP contribution in [0.2, 0.25) is 0 Å². The van der Waals surface area contributed by atoms with Crippen LogP contribution >= 0.6 is 0 Å². The zero-order valence-corrected chi connectivity index (χ0v) is 14.8. The molecule has 0 saturated heterocycles. The Morgan fingerprint density at radius 2 is 2.16 bits per heavy atom. The second-order valence-corrected chi connectivity index (χ2v) is 6.67. The molecule has 25 heavy (non-hydrogen) atoms. The summed E-state index contributed by atoms with van der Waals surface area (Å²) in [5, 5.41) is 9.93. The maximum Gasteiger partial charge on any atom is 0.197 e. The number of imidazole rings is 1. The molecule has 0 spiro atoms. The van der Waals surface area contributed by atoms with Gasteiger partial charge in [-0.25, -0.2) is 4.98 Å². The molecule has 7 nitrogen and oxygen atoms in total.